The van der Waals surface area contributed by atoms with Gasteiger partial charge in [-0.25, -0.2) is 4.98 Å². The molecule has 0 aliphatic carbocycles. The van der Waals surface area contributed by atoms with Crippen LogP contribution in [0.5, 0.6) is 0 Å². The Balaban J connectivity index is 1.80. The number of hydrogen-bond acceptors (Lipinski definition) is 3. The fourth-order valence-corrected chi connectivity index (χ4v) is 3.28. The van der Waals surface area contributed by atoms with Gasteiger partial charge < -0.3 is 10.4 Å². The van der Waals surface area contributed by atoms with Gasteiger partial charge in [0.1, 0.15) is 12.4 Å². The lowest BCUT2D eigenvalue weighted by atomic mass is 9.99. The Kier molecular flexibility index (Phi) is 5.45. The van der Waals surface area contributed by atoms with Crippen molar-refractivity contribution < 1.29 is 9.90 Å². The summed E-state index contributed by atoms with van der Waals surface area (Å²) in [4.78, 5) is 15.5. The summed E-state index contributed by atoms with van der Waals surface area (Å²) in [6.45, 7) is 1.86. The first kappa shape index (κ1) is 19.2. The van der Waals surface area contributed by atoms with E-state index in [0.29, 0.717) is 5.82 Å². The molecule has 4 heteroatoms. The second-order valence-electron chi connectivity index (χ2n) is 7.02. The molecule has 0 aliphatic heterocycles. The van der Waals surface area contributed by atoms with Gasteiger partial charge in [0.2, 0.25) is 0 Å². The normalized spacial score (nSPS) is 10.3. The molecule has 0 saturated carbocycles. The molecule has 30 heavy (non-hydrogen) atoms. The van der Waals surface area contributed by atoms with E-state index in [0.717, 1.165) is 33.2 Å². The van der Waals surface area contributed by atoms with Gasteiger partial charge in [-0.3, -0.25) is 4.79 Å². The number of aliphatic carboxylic acids is 1. The Labute approximate surface area is 175 Å². The monoisotopic (exact) mass is 392 g/mol. The summed E-state index contributed by atoms with van der Waals surface area (Å²) in [6.07, 6.45) is 0. The molecule has 0 aliphatic rings. The van der Waals surface area contributed by atoms with Crippen molar-refractivity contribution in [1.82, 2.24) is 4.98 Å². The van der Waals surface area contributed by atoms with Crippen LogP contribution < -0.4 is 5.32 Å². The maximum absolute atomic E-state index is 10.9. The van der Waals surface area contributed by atoms with Crippen LogP contribution in [0.4, 0.5) is 5.82 Å². The highest BCUT2D eigenvalue weighted by Crippen LogP contribution is 2.30. The number of fused-ring (bicyclic) bond motifs is 1. The van der Waals surface area contributed by atoms with Crippen molar-refractivity contribution in [2.75, 3.05) is 11.9 Å². The lowest BCUT2D eigenvalue weighted by molar-refractivity contribution is -0.134. The number of carboxylic acids is 1. The zero-order valence-electron chi connectivity index (χ0n) is 16.5. The zero-order valence-corrected chi connectivity index (χ0v) is 16.5. The molecular formula is C26H20N2O2. The van der Waals surface area contributed by atoms with Crippen LogP contribution in [-0.4, -0.2) is 22.6 Å². The zero-order chi connectivity index (χ0) is 20.9. The van der Waals surface area contributed by atoms with Gasteiger partial charge in [-0.2, -0.15) is 0 Å². The van der Waals surface area contributed by atoms with E-state index in [2.05, 4.69) is 41.2 Å². The van der Waals surface area contributed by atoms with Crippen LogP contribution in [0.25, 0.3) is 22.0 Å². The number of carboxylic acid groups (broad SMARTS) is 1. The lowest BCUT2D eigenvalue weighted by Gasteiger charge is -2.11. The number of pyridine rings is 1. The van der Waals surface area contributed by atoms with Crippen LogP contribution in [0, 0.1) is 18.8 Å². The van der Waals surface area contributed by atoms with Crippen LogP contribution in [0.2, 0.25) is 0 Å². The Morgan fingerprint density at radius 1 is 0.933 bits per heavy atom. The second kappa shape index (κ2) is 8.50. The minimum absolute atomic E-state index is 0.188. The summed E-state index contributed by atoms with van der Waals surface area (Å²) >= 11 is 0. The summed E-state index contributed by atoms with van der Waals surface area (Å²) < 4.78 is 0. The van der Waals surface area contributed by atoms with Crippen LogP contribution in [0.15, 0.2) is 78.9 Å². The highest BCUT2D eigenvalue weighted by Gasteiger charge is 2.09. The Bertz CT molecular complexity index is 1280. The summed E-state index contributed by atoms with van der Waals surface area (Å²) in [5.41, 5.74) is 5.85. The molecule has 0 amide bonds. The Morgan fingerprint density at radius 3 is 2.43 bits per heavy atom. The number of aryl methyl sites for hydroxylation is 1. The molecule has 1 aromatic heterocycles. The predicted molar refractivity (Wildman–Crippen MR) is 120 cm³/mol. The van der Waals surface area contributed by atoms with Crippen LogP contribution >= 0.6 is 0 Å². The molecule has 0 bridgehead atoms. The molecule has 4 rings (SSSR count). The summed E-state index contributed by atoms with van der Waals surface area (Å²) in [7, 11) is 0. The minimum Gasteiger partial charge on any atom is -0.480 e. The van der Waals surface area contributed by atoms with Crippen molar-refractivity contribution in [3.8, 4) is 23.0 Å². The molecule has 0 spiro atoms. The fraction of sp³-hybridized carbons (Fsp3) is 0.0769. The Hall–Kier alpha value is -4.10. The van der Waals surface area contributed by atoms with Gasteiger partial charge in [-0.05, 0) is 60.0 Å². The topological polar surface area (TPSA) is 62.2 Å². The minimum atomic E-state index is -0.931. The second-order valence-corrected chi connectivity index (χ2v) is 7.02. The van der Waals surface area contributed by atoms with Gasteiger partial charge >= 0.3 is 5.97 Å². The first-order valence-electron chi connectivity index (χ1n) is 9.63. The Morgan fingerprint density at radius 2 is 1.70 bits per heavy atom. The molecule has 0 radical (unpaired) electrons. The number of carbonyl (C=O) groups is 1. The molecule has 4 nitrogen and oxygen atoms in total. The largest absolute Gasteiger partial charge is 0.480 e. The standard InChI is InChI=1S/C26H20N2O2/c1-18-6-5-7-19(14-18)10-11-20-12-13-24-23(15-20)22(21-8-3-2-4-9-21)16-25(28-24)27-17-26(29)30/h2-9,12-16H,17H2,1H3,(H,27,28)(H,29,30). The number of nitrogens with one attached hydrogen (secondary N) is 1. The average molecular weight is 392 g/mol. The molecule has 0 atom stereocenters. The van der Waals surface area contributed by atoms with Crippen molar-refractivity contribution >= 4 is 22.7 Å². The van der Waals surface area contributed by atoms with Crippen LogP contribution in [0.3, 0.4) is 0 Å². The summed E-state index contributed by atoms with van der Waals surface area (Å²) in [6, 6.07) is 25.9. The molecule has 146 valence electrons. The van der Waals surface area contributed by atoms with Crippen LogP contribution in [0.1, 0.15) is 16.7 Å². The number of aromatic nitrogens is 1. The number of anilines is 1. The van der Waals surface area contributed by atoms with Crippen LogP contribution in [-0.2, 0) is 4.79 Å². The molecule has 0 saturated heterocycles. The number of rotatable bonds is 4. The van der Waals surface area contributed by atoms with Crippen molar-refractivity contribution in [3.63, 3.8) is 0 Å². The highest BCUT2D eigenvalue weighted by molar-refractivity contribution is 5.97. The van der Waals surface area contributed by atoms with E-state index in [9.17, 15) is 4.79 Å². The molecule has 2 N–H and O–H groups in total. The lowest BCUT2D eigenvalue weighted by Crippen LogP contribution is -2.13. The average Bonchev–Trinajstić information content (AvgIpc) is 2.76. The predicted octanol–water partition coefficient (Wildman–Crippen LogP) is 5.11. The fourth-order valence-electron chi connectivity index (χ4n) is 3.28. The quantitative estimate of drug-likeness (QED) is 0.474. The van der Waals surface area contributed by atoms with E-state index in [4.69, 9.17) is 5.11 Å². The van der Waals surface area contributed by atoms with E-state index in [1.54, 1.807) is 0 Å². The first-order chi connectivity index (χ1) is 14.6. The maximum Gasteiger partial charge on any atom is 0.322 e. The molecule has 1 heterocycles. The number of benzene rings is 3. The van der Waals surface area contributed by atoms with E-state index in [1.807, 2.05) is 66.7 Å². The molecule has 3 aromatic carbocycles. The van der Waals surface area contributed by atoms with Gasteiger partial charge in [-0.1, -0.05) is 54.3 Å². The van der Waals surface area contributed by atoms with Crippen molar-refractivity contribution in [3.05, 3.63) is 95.6 Å². The third-order valence-electron chi connectivity index (χ3n) is 4.68. The van der Waals surface area contributed by atoms with Gasteiger partial charge in [0.25, 0.3) is 0 Å². The molecule has 0 fully saturated rings. The van der Waals surface area contributed by atoms with Gasteiger partial charge in [0.05, 0.1) is 5.52 Å². The van der Waals surface area contributed by atoms with Crippen molar-refractivity contribution in [2.24, 2.45) is 0 Å². The van der Waals surface area contributed by atoms with Crippen molar-refractivity contribution in [2.45, 2.75) is 6.92 Å². The van der Waals surface area contributed by atoms with Gasteiger partial charge in [-0.15, -0.1) is 0 Å². The number of hydrogen-bond donors (Lipinski definition) is 2. The SMILES string of the molecule is Cc1cccc(C#Cc2ccc3nc(NCC(=O)O)cc(-c4ccccc4)c3c2)c1. The van der Waals surface area contributed by atoms with Gasteiger partial charge in [0.15, 0.2) is 0 Å². The van der Waals surface area contributed by atoms with E-state index >= 15 is 0 Å². The third-order valence-corrected chi connectivity index (χ3v) is 4.68. The molecule has 0 unspecified atom stereocenters. The van der Waals surface area contributed by atoms with Crippen molar-refractivity contribution in [1.29, 1.82) is 0 Å². The smallest absolute Gasteiger partial charge is 0.322 e. The number of nitrogens with zero attached hydrogens (tertiary/aromatic N) is 1. The van der Waals surface area contributed by atoms with E-state index in [-0.39, 0.29) is 6.54 Å². The first-order valence-corrected chi connectivity index (χ1v) is 9.63. The summed E-state index contributed by atoms with van der Waals surface area (Å²) in [5, 5.41) is 12.8. The highest BCUT2D eigenvalue weighted by atomic mass is 16.4. The summed E-state index contributed by atoms with van der Waals surface area (Å²) in [5.74, 6) is 6.06. The molecule has 4 aromatic rings. The van der Waals surface area contributed by atoms with E-state index < -0.39 is 5.97 Å². The van der Waals surface area contributed by atoms with Gasteiger partial charge in [0, 0.05) is 16.5 Å². The van der Waals surface area contributed by atoms with E-state index in [1.165, 1.54) is 5.56 Å². The maximum atomic E-state index is 10.9. The molecular weight excluding hydrogens is 372 g/mol. The third kappa shape index (κ3) is 4.48.